The zero-order valence-electron chi connectivity index (χ0n) is 14.2. The second kappa shape index (κ2) is 8.91. The Labute approximate surface area is 154 Å². The van der Waals surface area contributed by atoms with Crippen molar-refractivity contribution < 1.29 is 0 Å². The fraction of sp³-hybridized carbons (Fsp3) is 0.400. The molecule has 0 aliphatic carbocycles. The van der Waals surface area contributed by atoms with Gasteiger partial charge < -0.3 is 4.90 Å². The molecule has 0 spiro atoms. The molecule has 1 aliphatic rings. The highest BCUT2D eigenvalue weighted by atomic mass is 35.5. The number of halogens is 1. The van der Waals surface area contributed by atoms with Crippen LogP contribution in [0.3, 0.4) is 0 Å². The third kappa shape index (κ3) is 5.25. The van der Waals surface area contributed by atoms with Crippen molar-refractivity contribution in [2.75, 3.05) is 39.0 Å². The zero-order chi connectivity index (χ0) is 16.8. The Hall–Kier alpha value is -1.00. The number of rotatable bonds is 6. The summed E-state index contributed by atoms with van der Waals surface area (Å²) in [6, 6.07) is 17.2. The summed E-state index contributed by atoms with van der Waals surface area (Å²) in [7, 11) is 0. The Morgan fingerprint density at radius 1 is 0.833 bits per heavy atom. The molecule has 0 saturated carbocycles. The van der Waals surface area contributed by atoms with Crippen LogP contribution in [-0.2, 0) is 13.0 Å². The van der Waals surface area contributed by atoms with Crippen LogP contribution in [0.2, 0.25) is 5.02 Å². The first-order valence-corrected chi connectivity index (χ1v) is 10.2. The molecule has 1 aliphatic heterocycles. The zero-order valence-corrected chi connectivity index (χ0v) is 15.8. The van der Waals surface area contributed by atoms with Gasteiger partial charge >= 0.3 is 0 Å². The Bertz CT molecular complexity index is 619. The summed E-state index contributed by atoms with van der Waals surface area (Å²) < 4.78 is 0. The minimum atomic E-state index is 0.818. The van der Waals surface area contributed by atoms with Gasteiger partial charge in [0.2, 0.25) is 0 Å². The smallest absolute Gasteiger partial charge is 0.0406 e. The average molecular weight is 361 g/mol. The van der Waals surface area contributed by atoms with E-state index < -0.39 is 0 Å². The van der Waals surface area contributed by atoms with Gasteiger partial charge in [-0.2, -0.15) is 0 Å². The molecule has 0 unspecified atom stereocenters. The summed E-state index contributed by atoms with van der Waals surface area (Å²) in [6.45, 7) is 6.85. The van der Waals surface area contributed by atoms with Crippen LogP contribution >= 0.6 is 23.4 Å². The summed E-state index contributed by atoms with van der Waals surface area (Å²) in [4.78, 5) is 6.47. The molecule has 0 N–H and O–H groups in total. The van der Waals surface area contributed by atoms with E-state index in [9.17, 15) is 0 Å². The fourth-order valence-electron chi connectivity index (χ4n) is 3.10. The van der Waals surface area contributed by atoms with Gasteiger partial charge in [0, 0.05) is 49.2 Å². The Kier molecular flexibility index (Phi) is 6.61. The van der Waals surface area contributed by atoms with Crippen LogP contribution in [0.25, 0.3) is 0 Å². The van der Waals surface area contributed by atoms with Crippen molar-refractivity contribution in [3.05, 3.63) is 64.7 Å². The number of benzene rings is 2. The third-order valence-electron chi connectivity index (χ3n) is 4.66. The van der Waals surface area contributed by atoms with E-state index in [1.165, 1.54) is 16.0 Å². The van der Waals surface area contributed by atoms with Gasteiger partial charge in [0.15, 0.2) is 0 Å². The summed E-state index contributed by atoms with van der Waals surface area (Å²) in [5.74, 6) is 0. The third-order valence-corrected chi connectivity index (χ3v) is 5.66. The van der Waals surface area contributed by atoms with Crippen LogP contribution in [0.15, 0.2) is 53.4 Å². The maximum absolute atomic E-state index is 5.94. The van der Waals surface area contributed by atoms with Crippen molar-refractivity contribution >= 4 is 23.4 Å². The van der Waals surface area contributed by atoms with Crippen molar-refractivity contribution in [1.82, 2.24) is 9.80 Å². The number of hydrogen-bond donors (Lipinski definition) is 0. The fourth-order valence-corrected chi connectivity index (χ4v) is 3.63. The molecule has 0 bridgehead atoms. The Balaban J connectivity index is 1.41. The molecule has 24 heavy (non-hydrogen) atoms. The normalized spacial score (nSPS) is 16.4. The maximum atomic E-state index is 5.94. The van der Waals surface area contributed by atoms with E-state index in [1.54, 1.807) is 11.8 Å². The predicted molar refractivity (Wildman–Crippen MR) is 105 cm³/mol. The van der Waals surface area contributed by atoms with Gasteiger partial charge in [0.1, 0.15) is 0 Å². The number of hydrogen-bond acceptors (Lipinski definition) is 3. The molecular weight excluding hydrogens is 336 g/mol. The number of thioether (sulfide) groups is 1. The first-order chi connectivity index (χ1) is 11.7. The highest BCUT2D eigenvalue weighted by Crippen LogP contribution is 2.16. The van der Waals surface area contributed by atoms with Crippen LogP contribution < -0.4 is 0 Å². The Morgan fingerprint density at radius 2 is 1.42 bits per heavy atom. The van der Waals surface area contributed by atoms with Gasteiger partial charge in [0.05, 0.1) is 0 Å². The van der Waals surface area contributed by atoms with Gasteiger partial charge in [-0.1, -0.05) is 35.9 Å². The van der Waals surface area contributed by atoms with Crippen LogP contribution in [0.4, 0.5) is 0 Å². The van der Waals surface area contributed by atoms with E-state index in [1.807, 2.05) is 12.1 Å². The van der Waals surface area contributed by atoms with Crippen LogP contribution in [0.1, 0.15) is 11.1 Å². The minimum absolute atomic E-state index is 0.818. The largest absolute Gasteiger partial charge is 0.300 e. The minimum Gasteiger partial charge on any atom is -0.300 e. The molecule has 0 atom stereocenters. The van der Waals surface area contributed by atoms with Gasteiger partial charge in [-0.3, -0.25) is 4.90 Å². The lowest BCUT2D eigenvalue weighted by Gasteiger charge is -2.34. The summed E-state index contributed by atoms with van der Waals surface area (Å²) in [6.07, 6.45) is 3.23. The Morgan fingerprint density at radius 3 is 2.04 bits per heavy atom. The quantitative estimate of drug-likeness (QED) is 0.704. The lowest BCUT2D eigenvalue weighted by atomic mass is 10.1. The molecule has 128 valence electrons. The molecule has 2 aromatic carbocycles. The van der Waals surface area contributed by atoms with Crippen LogP contribution in [0.5, 0.6) is 0 Å². The van der Waals surface area contributed by atoms with Gasteiger partial charge in [-0.15, -0.1) is 11.8 Å². The van der Waals surface area contributed by atoms with E-state index >= 15 is 0 Å². The van der Waals surface area contributed by atoms with Crippen LogP contribution in [-0.4, -0.2) is 48.8 Å². The molecule has 2 nitrogen and oxygen atoms in total. The topological polar surface area (TPSA) is 6.48 Å². The molecule has 4 heteroatoms. The van der Waals surface area contributed by atoms with Crippen molar-refractivity contribution in [1.29, 1.82) is 0 Å². The van der Waals surface area contributed by atoms with Crippen molar-refractivity contribution in [3.63, 3.8) is 0 Å². The molecular formula is C20H25ClN2S. The first kappa shape index (κ1) is 17.8. The maximum Gasteiger partial charge on any atom is 0.0406 e. The summed E-state index contributed by atoms with van der Waals surface area (Å²) in [5, 5.41) is 0.818. The molecule has 0 amide bonds. The van der Waals surface area contributed by atoms with E-state index in [-0.39, 0.29) is 0 Å². The second-order valence-electron chi connectivity index (χ2n) is 6.34. The highest BCUT2D eigenvalue weighted by Gasteiger charge is 2.16. The highest BCUT2D eigenvalue weighted by molar-refractivity contribution is 7.98. The number of nitrogens with zero attached hydrogens (tertiary/aromatic N) is 2. The van der Waals surface area contributed by atoms with E-state index in [4.69, 9.17) is 11.6 Å². The van der Waals surface area contributed by atoms with Gasteiger partial charge in [-0.05, 0) is 48.1 Å². The van der Waals surface area contributed by atoms with E-state index in [0.717, 1.165) is 50.7 Å². The molecule has 1 fully saturated rings. The second-order valence-corrected chi connectivity index (χ2v) is 7.66. The monoisotopic (exact) mass is 360 g/mol. The molecule has 1 saturated heterocycles. The molecule has 1 heterocycles. The first-order valence-electron chi connectivity index (χ1n) is 8.55. The molecule has 0 aromatic heterocycles. The van der Waals surface area contributed by atoms with Gasteiger partial charge in [-0.25, -0.2) is 0 Å². The summed E-state index contributed by atoms with van der Waals surface area (Å²) in [5.41, 5.74) is 2.79. The standard InChI is InChI=1S/C20H25ClN2S/c1-24-20-8-4-18(5-9-20)16-23-14-12-22(13-15-23)11-10-17-2-6-19(21)7-3-17/h2-9H,10-16H2,1H3. The SMILES string of the molecule is CSc1ccc(CN2CCN(CCc3ccc(Cl)cc3)CC2)cc1. The molecule has 2 aromatic rings. The molecule has 3 rings (SSSR count). The number of piperazine rings is 1. The van der Waals surface area contributed by atoms with Crippen molar-refractivity contribution in [2.24, 2.45) is 0 Å². The van der Waals surface area contributed by atoms with Crippen molar-refractivity contribution in [2.45, 2.75) is 17.9 Å². The lowest BCUT2D eigenvalue weighted by molar-refractivity contribution is 0.128. The van der Waals surface area contributed by atoms with Gasteiger partial charge in [0.25, 0.3) is 0 Å². The van der Waals surface area contributed by atoms with Crippen molar-refractivity contribution in [3.8, 4) is 0 Å². The summed E-state index contributed by atoms with van der Waals surface area (Å²) >= 11 is 7.74. The molecule has 0 radical (unpaired) electrons. The lowest BCUT2D eigenvalue weighted by Crippen LogP contribution is -2.46. The van der Waals surface area contributed by atoms with E-state index in [0.29, 0.717) is 0 Å². The van der Waals surface area contributed by atoms with Crippen LogP contribution in [0, 0.1) is 0 Å². The average Bonchev–Trinajstić information content (AvgIpc) is 2.63. The predicted octanol–water partition coefficient (Wildman–Crippen LogP) is 4.42. The van der Waals surface area contributed by atoms with E-state index in [2.05, 4.69) is 52.5 Å².